The van der Waals surface area contributed by atoms with Crippen LogP contribution >= 0.6 is 0 Å². The van der Waals surface area contributed by atoms with E-state index in [0.29, 0.717) is 18.0 Å². The van der Waals surface area contributed by atoms with Gasteiger partial charge >= 0.3 is 5.97 Å². The van der Waals surface area contributed by atoms with Gasteiger partial charge in [-0.1, -0.05) is 6.07 Å². The van der Waals surface area contributed by atoms with Gasteiger partial charge in [-0.15, -0.1) is 0 Å². The third-order valence-corrected chi connectivity index (χ3v) is 4.87. The second-order valence-corrected chi connectivity index (χ2v) is 6.68. The zero-order valence-electron chi connectivity index (χ0n) is 14.3. The Morgan fingerprint density at radius 1 is 1.27 bits per heavy atom. The van der Waals surface area contributed by atoms with E-state index in [1.54, 1.807) is 28.0 Å². The second kappa shape index (κ2) is 6.36. The number of hydrogen-bond acceptors (Lipinski definition) is 5. The van der Waals surface area contributed by atoms with Gasteiger partial charge in [0.25, 0.3) is 0 Å². The van der Waals surface area contributed by atoms with Crippen molar-refractivity contribution in [3.63, 3.8) is 0 Å². The number of ether oxygens (including phenoxy) is 2. The number of carbonyl (C=O) groups excluding carboxylic acids is 1. The Morgan fingerprint density at radius 3 is 2.81 bits per heavy atom. The molecular formula is C18H19N3O5. The molecule has 0 unspecified atom stereocenters. The fourth-order valence-corrected chi connectivity index (χ4v) is 3.53. The number of aliphatic carboxylic acids is 1. The van der Waals surface area contributed by atoms with E-state index in [1.807, 2.05) is 19.1 Å². The molecule has 3 heterocycles. The molecule has 1 aromatic carbocycles. The lowest BCUT2D eigenvalue weighted by atomic mass is 9.89. The first-order valence-electron chi connectivity index (χ1n) is 8.40. The highest BCUT2D eigenvalue weighted by molar-refractivity contribution is 5.79. The Morgan fingerprint density at radius 2 is 2.08 bits per heavy atom. The van der Waals surface area contributed by atoms with Crippen molar-refractivity contribution < 1.29 is 24.2 Å². The fourth-order valence-electron chi connectivity index (χ4n) is 3.53. The van der Waals surface area contributed by atoms with Crippen molar-refractivity contribution >= 4 is 11.9 Å². The van der Waals surface area contributed by atoms with Gasteiger partial charge in [-0.3, -0.25) is 14.3 Å². The van der Waals surface area contributed by atoms with Crippen LogP contribution in [0.25, 0.3) is 0 Å². The second-order valence-electron chi connectivity index (χ2n) is 6.68. The Labute approximate surface area is 149 Å². The third kappa shape index (κ3) is 2.98. The maximum absolute atomic E-state index is 12.6. The number of carbonyl (C=O) groups is 2. The SMILES string of the molecule is Cc1cnn(CC(=O)N2C[C@@H](C(=O)O)[C@H](c3ccc4c(c3)OCO4)C2)c1. The number of carboxylic acids is 1. The van der Waals surface area contributed by atoms with Gasteiger partial charge in [0.2, 0.25) is 12.7 Å². The molecule has 2 atom stereocenters. The largest absolute Gasteiger partial charge is 0.481 e. The number of amides is 1. The minimum Gasteiger partial charge on any atom is -0.481 e. The van der Waals surface area contributed by atoms with Crippen LogP contribution in [0.4, 0.5) is 0 Å². The molecule has 0 aliphatic carbocycles. The molecule has 0 saturated carbocycles. The van der Waals surface area contributed by atoms with E-state index in [-0.39, 0.29) is 31.7 Å². The first-order chi connectivity index (χ1) is 12.5. The Hall–Kier alpha value is -3.03. The maximum atomic E-state index is 12.6. The number of hydrogen-bond donors (Lipinski definition) is 1. The number of likely N-dealkylation sites (tertiary alicyclic amines) is 1. The van der Waals surface area contributed by atoms with Crippen LogP contribution in [0.5, 0.6) is 11.5 Å². The van der Waals surface area contributed by atoms with Crippen LogP contribution in [0.1, 0.15) is 17.0 Å². The van der Waals surface area contributed by atoms with Gasteiger partial charge in [0.15, 0.2) is 11.5 Å². The Bertz CT molecular complexity index is 862. The van der Waals surface area contributed by atoms with Crippen LogP contribution in [-0.2, 0) is 16.1 Å². The first-order valence-corrected chi connectivity index (χ1v) is 8.40. The molecule has 2 aliphatic heterocycles. The van der Waals surface area contributed by atoms with E-state index in [2.05, 4.69) is 5.10 Å². The zero-order valence-corrected chi connectivity index (χ0v) is 14.3. The predicted octanol–water partition coefficient (Wildman–Crippen LogP) is 1.25. The van der Waals surface area contributed by atoms with Crippen molar-refractivity contribution in [2.75, 3.05) is 19.9 Å². The molecule has 2 aliphatic rings. The van der Waals surface area contributed by atoms with Gasteiger partial charge in [-0.05, 0) is 30.2 Å². The molecule has 1 N–H and O–H groups in total. The van der Waals surface area contributed by atoms with E-state index in [4.69, 9.17) is 9.47 Å². The van der Waals surface area contributed by atoms with Crippen molar-refractivity contribution in [2.45, 2.75) is 19.4 Å². The van der Waals surface area contributed by atoms with Gasteiger partial charge in [0.1, 0.15) is 6.54 Å². The van der Waals surface area contributed by atoms with Gasteiger partial charge in [0.05, 0.1) is 12.1 Å². The summed E-state index contributed by atoms with van der Waals surface area (Å²) in [4.78, 5) is 25.9. The molecule has 136 valence electrons. The summed E-state index contributed by atoms with van der Waals surface area (Å²) in [5.74, 6) is -0.714. The van der Waals surface area contributed by atoms with E-state index in [1.165, 1.54) is 0 Å². The average molecular weight is 357 g/mol. The number of aryl methyl sites for hydroxylation is 1. The van der Waals surface area contributed by atoms with Crippen LogP contribution in [0.3, 0.4) is 0 Å². The van der Waals surface area contributed by atoms with E-state index < -0.39 is 11.9 Å². The lowest BCUT2D eigenvalue weighted by Crippen LogP contribution is -2.33. The van der Waals surface area contributed by atoms with E-state index in [9.17, 15) is 14.7 Å². The number of benzene rings is 1. The summed E-state index contributed by atoms with van der Waals surface area (Å²) < 4.78 is 12.3. The van der Waals surface area contributed by atoms with Crippen LogP contribution in [0, 0.1) is 12.8 Å². The van der Waals surface area contributed by atoms with Crippen molar-refractivity contribution in [1.29, 1.82) is 0 Å². The Balaban J connectivity index is 1.53. The van der Waals surface area contributed by atoms with Crippen molar-refractivity contribution in [3.8, 4) is 11.5 Å². The number of nitrogens with zero attached hydrogens (tertiary/aromatic N) is 3. The topological polar surface area (TPSA) is 93.9 Å². The van der Waals surface area contributed by atoms with Crippen molar-refractivity contribution in [2.24, 2.45) is 5.92 Å². The highest BCUT2D eigenvalue weighted by Gasteiger charge is 2.40. The van der Waals surface area contributed by atoms with Crippen LogP contribution in [0.15, 0.2) is 30.6 Å². The van der Waals surface area contributed by atoms with Gasteiger partial charge in [-0.2, -0.15) is 5.10 Å². The molecule has 1 amide bonds. The standard InChI is InChI=1S/C18H19N3O5/c1-11-5-19-21(6-11)9-17(22)20-7-13(14(8-20)18(23)24)12-2-3-15-16(4-12)26-10-25-15/h2-6,13-14H,7-10H2,1H3,(H,23,24)/t13-,14+/m0/s1. The van der Waals surface area contributed by atoms with Crippen molar-refractivity contribution in [3.05, 3.63) is 41.7 Å². The molecule has 4 rings (SSSR count). The van der Waals surface area contributed by atoms with Crippen LogP contribution in [-0.4, -0.2) is 51.5 Å². The maximum Gasteiger partial charge on any atom is 0.308 e. The summed E-state index contributed by atoms with van der Waals surface area (Å²) in [5.41, 5.74) is 1.81. The van der Waals surface area contributed by atoms with Crippen molar-refractivity contribution in [1.82, 2.24) is 14.7 Å². The quantitative estimate of drug-likeness (QED) is 0.885. The monoisotopic (exact) mass is 357 g/mol. The molecule has 1 fully saturated rings. The van der Waals surface area contributed by atoms with Gasteiger partial charge < -0.3 is 19.5 Å². The summed E-state index contributed by atoms with van der Waals surface area (Å²) >= 11 is 0. The molecule has 26 heavy (non-hydrogen) atoms. The number of aromatic nitrogens is 2. The molecular weight excluding hydrogens is 338 g/mol. The number of rotatable bonds is 4. The molecule has 1 aromatic heterocycles. The lowest BCUT2D eigenvalue weighted by Gasteiger charge is -2.17. The summed E-state index contributed by atoms with van der Waals surface area (Å²) in [6, 6.07) is 5.44. The molecule has 8 heteroatoms. The molecule has 8 nitrogen and oxygen atoms in total. The predicted molar refractivity (Wildman–Crippen MR) is 90.0 cm³/mol. The smallest absolute Gasteiger partial charge is 0.308 e. The lowest BCUT2D eigenvalue weighted by molar-refractivity contribution is -0.141. The van der Waals surface area contributed by atoms with Crippen LogP contribution < -0.4 is 9.47 Å². The summed E-state index contributed by atoms with van der Waals surface area (Å²) in [6.45, 7) is 2.72. The van der Waals surface area contributed by atoms with Gasteiger partial charge in [-0.25, -0.2) is 0 Å². The fraction of sp³-hybridized carbons (Fsp3) is 0.389. The number of carboxylic acid groups (broad SMARTS) is 1. The van der Waals surface area contributed by atoms with E-state index >= 15 is 0 Å². The summed E-state index contributed by atoms with van der Waals surface area (Å²) in [6.07, 6.45) is 3.48. The number of fused-ring (bicyclic) bond motifs is 1. The third-order valence-electron chi connectivity index (χ3n) is 4.87. The molecule has 0 bridgehead atoms. The molecule has 2 aromatic rings. The highest BCUT2D eigenvalue weighted by atomic mass is 16.7. The molecule has 0 spiro atoms. The molecule has 0 radical (unpaired) electrons. The minimum atomic E-state index is -0.905. The summed E-state index contributed by atoms with van der Waals surface area (Å²) in [5, 5.41) is 13.7. The molecule has 1 saturated heterocycles. The first kappa shape index (κ1) is 16.4. The average Bonchev–Trinajstić information content (AvgIpc) is 3.32. The zero-order chi connectivity index (χ0) is 18.3. The minimum absolute atomic E-state index is 0.105. The summed E-state index contributed by atoms with van der Waals surface area (Å²) in [7, 11) is 0. The highest BCUT2D eigenvalue weighted by Crippen LogP contribution is 2.39. The van der Waals surface area contributed by atoms with Crippen LogP contribution in [0.2, 0.25) is 0 Å². The van der Waals surface area contributed by atoms with Gasteiger partial charge in [0, 0.05) is 25.2 Å². The van der Waals surface area contributed by atoms with E-state index in [0.717, 1.165) is 11.1 Å². The normalized spacial score (nSPS) is 21.2. The Kier molecular flexibility index (Phi) is 4.02.